The molecule has 6 nitrogen and oxygen atoms in total. The third-order valence-electron chi connectivity index (χ3n) is 5.23. The van der Waals surface area contributed by atoms with Crippen LogP contribution in [0.4, 0.5) is 5.82 Å². The second-order valence-corrected chi connectivity index (χ2v) is 8.93. The number of pyridine rings is 2. The van der Waals surface area contributed by atoms with Crippen molar-refractivity contribution in [2.45, 2.75) is 24.0 Å². The van der Waals surface area contributed by atoms with E-state index in [4.69, 9.17) is 0 Å². The minimum Gasteiger partial charge on any atom is -0.354 e. The molecular weight excluding hydrogens is 336 g/mol. The van der Waals surface area contributed by atoms with Crippen molar-refractivity contribution < 1.29 is 8.42 Å². The first-order valence-electron chi connectivity index (χ1n) is 8.69. The van der Waals surface area contributed by atoms with Gasteiger partial charge in [-0.05, 0) is 48.6 Å². The molecule has 4 heterocycles. The van der Waals surface area contributed by atoms with E-state index in [0.717, 1.165) is 18.7 Å². The van der Waals surface area contributed by atoms with Crippen LogP contribution < -0.4 is 4.90 Å². The van der Waals surface area contributed by atoms with Gasteiger partial charge in [0, 0.05) is 44.8 Å². The summed E-state index contributed by atoms with van der Waals surface area (Å²) in [5.74, 6) is 1.28. The highest BCUT2D eigenvalue weighted by molar-refractivity contribution is 7.89. The summed E-state index contributed by atoms with van der Waals surface area (Å²) in [6, 6.07) is 9.78. The van der Waals surface area contributed by atoms with Crippen LogP contribution in [0, 0.1) is 0 Å². The van der Waals surface area contributed by atoms with E-state index in [9.17, 15) is 8.42 Å². The Balaban J connectivity index is 1.35. The van der Waals surface area contributed by atoms with Gasteiger partial charge < -0.3 is 4.90 Å². The van der Waals surface area contributed by atoms with Crippen LogP contribution in [-0.2, 0) is 10.0 Å². The molecule has 0 N–H and O–H groups in total. The number of sulfonamides is 1. The largest absolute Gasteiger partial charge is 0.354 e. The fraction of sp³-hybridized carbons (Fsp3) is 0.444. The van der Waals surface area contributed by atoms with Gasteiger partial charge in [0.25, 0.3) is 0 Å². The Morgan fingerprint density at radius 3 is 2.32 bits per heavy atom. The first-order valence-corrected chi connectivity index (χ1v) is 10.2. The molecule has 0 spiro atoms. The van der Waals surface area contributed by atoms with Gasteiger partial charge in [-0.1, -0.05) is 6.07 Å². The third-order valence-corrected chi connectivity index (χ3v) is 7.46. The van der Waals surface area contributed by atoms with Crippen molar-refractivity contribution >= 4 is 15.8 Å². The molecular formula is C18H22N4O2S. The molecule has 2 aliphatic rings. The lowest BCUT2D eigenvalue weighted by Gasteiger charge is -2.42. The average molecular weight is 358 g/mol. The van der Waals surface area contributed by atoms with Gasteiger partial charge in [-0.2, -0.15) is 0 Å². The Hall–Kier alpha value is -1.99. The summed E-state index contributed by atoms with van der Waals surface area (Å²) in [5.41, 5.74) is 1.26. The van der Waals surface area contributed by atoms with E-state index >= 15 is 0 Å². The first kappa shape index (κ1) is 16.5. The maximum absolute atomic E-state index is 12.9. The number of rotatable bonds is 4. The molecule has 0 saturated carbocycles. The van der Waals surface area contributed by atoms with Gasteiger partial charge in [0.2, 0.25) is 10.0 Å². The Morgan fingerprint density at radius 2 is 1.68 bits per heavy atom. The SMILES string of the molecule is O=S(=O)(C1CN(c2ccccn2)C1)N1CCC(c2ccncc2)CC1. The van der Waals surface area contributed by atoms with Crippen molar-refractivity contribution in [1.29, 1.82) is 0 Å². The zero-order chi connectivity index (χ0) is 17.3. The number of nitrogens with zero attached hydrogens (tertiary/aromatic N) is 4. The second kappa shape index (κ2) is 6.72. The molecule has 0 bridgehead atoms. The van der Waals surface area contributed by atoms with Crippen molar-refractivity contribution in [3.05, 3.63) is 54.5 Å². The molecule has 132 valence electrons. The Labute approximate surface area is 148 Å². The number of piperidine rings is 1. The highest BCUT2D eigenvalue weighted by atomic mass is 32.2. The van der Waals surface area contributed by atoms with Crippen LogP contribution in [0.15, 0.2) is 48.9 Å². The standard InChI is InChI=1S/C18H22N4O2S/c23-25(24,17-13-21(14-17)18-3-1-2-8-20-18)22-11-6-16(7-12-22)15-4-9-19-10-5-15/h1-5,8-10,16-17H,6-7,11-14H2. The molecule has 25 heavy (non-hydrogen) atoms. The summed E-state index contributed by atoms with van der Waals surface area (Å²) < 4.78 is 27.4. The zero-order valence-corrected chi connectivity index (χ0v) is 14.8. The lowest BCUT2D eigenvalue weighted by atomic mass is 9.91. The quantitative estimate of drug-likeness (QED) is 0.835. The lowest BCUT2D eigenvalue weighted by molar-refractivity contribution is 0.313. The van der Waals surface area contributed by atoms with Gasteiger partial charge >= 0.3 is 0 Å². The first-order chi connectivity index (χ1) is 12.1. The predicted molar refractivity (Wildman–Crippen MR) is 96.9 cm³/mol. The van der Waals surface area contributed by atoms with E-state index in [1.807, 2.05) is 35.2 Å². The Bertz CT molecular complexity index is 799. The van der Waals surface area contributed by atoms with Crippen LogP contribution >= 0.6 is 0 Å². The van der Waals surface area contributed by atoms with Crippen LogP contribution in [0.3, 0.4) is 0 Å². The molecule has 0 unspecified atom stereocenters. The number of hydrogen-bond acceptors (Lipinski definition) is 5. The molecule has 0 aromatic carbocycles. The number of hydrogen-bond donors (Lipinski definition) is 0. The maximum atomic E-state index is 12.9. The number of aromatic nitrogens is 2. The molecule has 4 rings (SSSR count). The Morgan fingerprint density at radius 1 is 0.960 bits per heavy atom. The van der Waals surface area contributed by atoms with E-state index < -0.39 is 10.0 Å². The van der Waals surface area contributed by atoms with Gasteiger partial charge in [0.05, 0.1) is 0 Å². The minimum atomic E-state index is -3.22. The molecule has 7 heteroatoms. The van der Waals surface area contributed by atoms with Crippen LogP contribution in [0.1, 0.15) is 24.3 Å². The molecule has 2 aromatic heterocycles. The highest BCUT2D eigenvalue weighted by Crippen LogP contribution is 2.31. The summed E-state index contributed by atoms with van der Waals surface area (Å²) in [6.07, 6.45) is 7.10. The topological polar surface area (TPSA) is 66.4 Å². The second-order valence-electron chi connectivity index (χ2n) is 6.71. The van der Waals surface area contributed by atoms with Crippen molar-refractivity contribution in [1.82, 2.24) is 14.3 Å². The molecule has 2 aromatic rings. The van der Waals surface area contributed by atoms with Crippen molar-refractivity contribution in [3.8, 4) is 0 Å². The summed E-state index contributed by atoms with van der Waals surface area (Å²) >= 11 is 0. The zero-order valence-electron chi connectivity index (χ0n) is 14.0. The molecule has 2 aliphatic heterocycles. The van der Waals surface area contributed by atoms with Crippen LogP contribution in [-0.4, -0.2) is 54.1 Å². The van der Waals surface area contributed by atoms with Crippen LogP contribution in [0.25, 0.3) is 0 Å². The van der Waals surface area contributed by atoms with Crippen molar-refractivity contribution in [3.63, 3.8) is 0 Å². The summed E-state index contributed by atoms with van der Waals surface area (Å²) in [5, 5.41) is -0.313. The molecule has 0 aliphatic carbocycles. The summed E-state index contributed by atoms with van der Waals surface area (Å²) in [4.78, 5) is 10.4. The summed E-state index contributed by atoms with van der Waals surface area (Å²) in [6.45, 7) is 2.28. The molecule has 2 saturated heterocycles. The van der Waals surface area contributed by atoms with Gasteiger partial charge in [-0.3, -0.25) is 4.98 Å². The van der Waals surface area contributed by atoms with Gasteiger partial charge in [-0.15, -0.1) is 0 Å². The molecule has 2 fully saturated rings. The fourth-order valence-electron chi connectivity index (χ4n) is 3.64. The fourth-order valence-corrected chi connectivity index (χ4v) is 5.52. The van der Waals surface area contributed by atoms with Crippen molar-refractivity contribution in [2.75, 3.05) is 31.1 Å². The highest BCUT2D eigenvalue weighted by Gasteiger charge is 2.42. The van der Waals surface area contributed by atoms with E-state index in [1.54, 1.807) is 22.9 Å². The smallest absolute Gasteiger partial charge is 0.220 e. The van der Waals surface area contributed by atoms with Gasteiger partial charge in [0.15, 0.2) is 0 Å². The predicted octanol–water partition coefficient (Wildman–Crippen LogP) is 1.87. The van der Waals surface area contributed by atoms with E-state index in [2.05, 4.69) is 9.97 Å². The van der Waals surface area contributed by atoms with E-state index in [-0.39, 0.29) is 5.25 Å². The molecule has 0 atom stereocenters. The van der Waals surface area contributed by atoms with Gasteiger partial charge in [0.1, 0.15) is 11.1 Å². The minimum absolute atomic E-state index is 0.313. The maximum Gasteiger partial charge on any atom is 0.220 e. The van der Waals surface area contributed by atoms with Crippen LogP contribution in [0.2, 0.25) is 0 Å². The third kappa shape index (κ3) is 3.26. The van der Waals surface area contributed by atoms with Gasteiger partial charge in [-0.25, -0.2) is 17.7 Å². The number of anilines is 1. The van der Waals surface area contributed by atoms with Crippen LogP contribution in [0.5, 0.6) is 0 Å². The van der Waals surface area contributed by atoms with Crippen molar-refractivity contribution in [2.24, 2.45) is 0 Å². The average Bonchev–Trinajstić information content (AvgIpc) is 2.62. The van der Waals surface area contributed by atoms with E-state index in [1.165, 1.54) is 5.56 Å². The Kier molecular flexibility index (Phi) is 4.43. The monoisotopic (exact) mass is 358 g/mol. The normalized spacial score (nSPS) is 20.4. The lowest BCUT2D eigenvalue weighted by Crippen LogP contribution is -2.59. The molecule has 0 radical (unpaired) electrons. The molecule has 0 amide bonds. The van der Waals surface area contributed by atoms with E-state index in [0.29, 0.717) is 32.1 Å². The summed E-state index contributed by atoms with van der Waals surface area (Å²) in [7, 11) is -3.22.